The third-order valence-corrected chi connectivity index (χ3v) is 5.16. The minimum absolute atomic E-state index is 0.00475. The Morgan fingerprint density at radius 2 is 2.07 bits per heavy atom. The van der Waals surface area contributed by atoms with Crippen LogP contribution >= 0.6 is 0 Å². The number of rotatable bonds is 3. The van der Waals surface area contributed by atoms with E-state index < -0.39 is 0 Å². The van der Waals surface area contributed by atoms with Gasteiger partial charge in [-0.15, -0.1) is 0 Å². The Hall–Kier alpha value is -2.95. The lowest BCUT2D eigenvalue weighted by Crippen LogP contribution is -2.37. The first-order valence-corrected chi connectivity index (χ1v) is 9.45. The number of nitrogens with one attached hydrogen (secondary N) is 1. The van der Waals surface area contributed by atoms with Gasteiger partial charge >= 0.3 is 0 Å². The van der Waals surface area contributed by atoms with Crippen LogP contribution in [0.15, 0.2) is 64.3 Å². The van der Waals surface area contributed by atoms with Crippen LogP contribution in [0.1, 0.15) is 43.0 Å². The van der Waals surface area contributed by atoms with Crippen LogP contribution in [0, 0.1) is 5.92 Å². The highest BCUT2D eigenvalue weighted by Crippen LogP contribution is 2.38. The van der Waals surface area contributed by atoms with Gasteiger partial charge in [-0.05, 0) is 62.5 Å². The molecule has 3 aliphatic rings. The summed E-state index contributed by atoms with van der Waals surface area (Å²) in [7, 11) is 0. The van der Waals surface area contributed by atoms with Gasteiger partial charge in [0.15, 0.2) is 0 Å². The fourth-order valence-electron chi connectivity index (χ4n) is 3.92. The van der Waals surface area contributed by atoms with Crippen LogP contribution in [0.4, 0.5) is 0 Å². The number of carbonyl (C=O) groups excluding carboxylic acids is 2. The van der Waals surface area contributed by atoms with Gasteiger partial charge in [0.2, 0.25) is 0 Å². The largest absolute Gasteiger partial charge is 0.493 e. The number of amides is 2. The number of para-hydroxylation sites is 1. The van der Waals surface area contributed by atoms with Gasteiger partial charge in [0.1, 0.15) is 5.75 Å². The summed E-state index contributed by atoms with van der Waals surface area (Å²) in [6.45, 7) is 2.36. The third kappa shape index (κ3) is 3.37. The van der Waals surface area contributed by atoms with E-state index in [0.29, 0.717) is 23.6 Å². The van der Waals surface area contributed by atoms with Gasteiger partial charge < -0.3 is 10.1 Å². The van der Waals surface area contributed by atoms with Gasteiger partial charge in [0, 0.05) is 17.2 Å². The van der Waals surface area contributed by atoms with E-state index in [1.54, 1.807) is 18.2 Å². The zero-order chi connectivity index (χ0) is 18.8. The molecule has 0 aromatic heterocycles. The maximum absolute atomic E-state index is 12.6. The molecule has 0 saturated carbocycles. The molecule has 1 unspecified atom stereocenters. The Morgan fingerprint density at radius 3 is 2.93 bits per heavy atom. The van der Waals surface area contributed by atoms with Crippen molar-refractivity contribution in [3.8, 4) is 5.75 Å². The molecule has 0 bridgehead atoms. The number of nitrogens with zero attached hydrogens (tertiary/aromatic N) is 1. The SMILES string of the molecule is CCOc1ccccc1C(=O)N=C1C=CC2C(=C1)NC(=O)C1=C2CCCC1. The highest BCUT2D eigenvalue weighted by molar-refractivity contribution is 6.14. The van der Waals surface area contributed by atoms with E-state index in [1.165, 1.54) is 5.57 Å². The predicted molar refractivity (Wildman–Crippen MR) is 104 cm³/mol. The van der Waals surface area contributed by atoms with Crippen LogP contribution in [0.2, 0.25) is 0 Å². The molecule has 27 heavy (non-hydrogen) atoms. The molecule has 0 fully saturated rings. The summed E-state index contributed by atoms with van der Waals surface area (Å²) in [4.78, 5) is 29.3. The first-order valence-electron chi connectivity index (χ1n) is 9.45. The van der Waals surface area contributed by atoms with E-state index in [-0.39, 0.29) is 17.7 Å². The fourth-order valence-corrected chi connectivity index (χ4v) is 3.92. The Labute approximate surface area is 158 Å². The quantitative estimate of drug-likeness (QED) is 0.891. The van der Waals surface area contributed by atoms with Gasteiger partial charge in [-0.2, -0.15) is 0 Å². The number of benzene rings is 1. The first kappa shape index (κ1) is 17.5. The van der Waals surface area contributed by atoms with Crippen LogP contribution in [0.25, 0.3) is 0 Å². The van der Waals surface area contributed by atoms with Gasteiger partial charge in [0.25, 0.3) is 11.8 Å². The number of allylic oxidation sites excluding steroid dienone is 3. The molecule has 5 heteroatoms. The highest BCUT2D eigenvalue weighted by Gasteiger charge is 2.33. The zero-order valence-electron chi connectivity index (χ0n) is 15.3. The lowest BCUT2D eigenvalue weighted by molar-refractivity contribution is -0.117. The average molecular weight is 362 g/mol. The number of hydrogen-bond donors (Lipinski definition) is 1. The second kappa shape index (κ2) is 7.35. The molecule has 2 amide bonds. The van der Waals surface area contributed by atoms with Crippen LogP contribution in [0.5, 0.6) is 5.75 Å². The maximum atomic E-state index is 12.6. The molecule has 0 spiro atoms. The summed E-state index contributed by atoms with van der Waals surface area (Å²) in [6, 6.07) is 7.09. The van der Waals surface area contributed by atoms with E-state index in [2.05, 4.69) is 10.3 Å². The Kier molecular flexibility index (Phi) is 4.75. The van der Waals surface area contributed by atoms with Crippen LogP contribution < -0.4 is 10.1 Å². The van der Waals surface area contributed by atoms with Crippen molar-refractivity contribution >= 4 is 17.5 Å². The van der Waals surface area contributed by atoms with Crippen molar-refractivity contribution in [1.29, 1.82) is 0 Å². The van der Waals surface area contributed by atoms with Crippen molar-refractivity contribution in [2.45, 2.75) is 32.6 Å². The number of fused-ring (bicyclic) bond motifs is 2. The monoisotopic (exact) mass is 362 g/mol. The molecule has 0 radical (unpaired) electrons. The standard InChI is InChI=1S/C22H22N2O3/c1-2-27-20-10-6-5-9-18(20)22(26)23-14-11-12-16-15-7-3-4-8-17(15)21(25)24-19(16)13-14/h5-6,9-13,16H,2-4,7-8H2,1H3,(H,24,25). The van der Waals surface area contributed by atoms with Crippen molar-refractivity contribution in [3.05, 3.63) is 64.9 Å². The Morgan fingerprint density at radius 1 is 1.26 bits per heavy atom. The van der Waals surface area contributed by atoms with Crippen molar-refractivity contribution < 1.29 is 14.3 Å². The maximum Gasteiger partial charge on any atom is 0.281 e. The van der Waals surface area contributed by atoms with E-state index in [4.69, 9.17) is 4.74 Å². The van der Waals surface area contributed by atoms with E-state index in [9.17, 15) is 9.59 Å². The van der Waals surface area contributed by atoms with Crippen molar-refractivity contribution in [1.82, 2.24) is 5.32 Å². The van der Waals surface area contributed by atoms with Gasteiger partial charge in [-0.3, -0.25) is 9.59 Å². The molecule has 138 valence electrons. The number of aliphatic imine (C=N–C) groups is 1. The van der Waals surface area contributed by atoms with Gasteiger partial charge in [-0.1, -0.05) is 18.2 Å². The molecule has 1 aliphatic heterocycles. The smallest absolute Gasteiger partial charge is 0.281 e. The third-order valence-electron chi connectivity index (χ3n) is 5.16. The summed E-state index contributed by atoms with van der Waals surface area (Å²) >= 11 is 0. The molecule has 1 atom stereocenters. The molecule has 1 heterocycles. The van der Waals surface area contributed by atoms with Gasteiger partial charge in [0.05, 0.1) is 17.9 Å². The molecule has 1 aromatic rings. The summed E-state index contributed by atoms with van der Waals surface area (Å²) in [5, 5.41) is 2.99. The lowest BCUT2D eigenvalue weighted by atomic mass is 9.77. The molecular weight excluding hydrogens is 340 g/mol. The second-order valence-corrected chi connectivity index (χ2v) is 6.87. The molecule has 1 N–H and O–H groups in total. The zero-order valence-corrected chi connectivity index (χ0v) is 15.3. The fraction of sp³-hybridized carbons (Fsp3) is 0.318. The summed E-state index contributed by atoms with van der Waals surface area (Å²) in [6.07, 6.45) is 9.72. The van der Waals surface area contributed by atoms with Crippen molar-refractivity contribution in [2.75, 3.05) is 6.61 Å². The van der Waals surface area contributed by atoms with Crippen molar-refractivity contribution in [2.24, 2.45) is 10.9 Å². The van der Waals surface area contributed by atoms with E-state index in [0.717, 1.165) is 37.0 Å². The normalized spacial score (nSPS) is 22.7. The predicted octanol–water partition coefficient (Wildman–Crippen LogP) is 3.74. The number of hydrogen-bond acceptors (Lipinski definition) is 3. The minimum Gasteiger partial charge on any atom is -0.493 e. The molecule has 1 aromatic carbocycles. The topological polar surface area (TPSA) is 67.8 Å². The summed E-state index contributed by atoms with van der Waals surface area (Å²) < 4.78 is 5.52. The van der Waals surface area contributed by atoms with E-state index >= 15 is 0 Å². The first-order chi connectivity index (χ1) is 13.2. The van der Waals surface area contributed by atoms with E-state index in [1.807, 2.05) is 31.2 Å². The molecule has 2 aliphatic carbocycles. The second-order valence-electron chi connectivity index (χ2n) is 6.87. The van der Waals surface area contributed by atoms with Gasteiger partial charge in [-0.25, -0.2) is 4.99 Å². The molecule has 0 saturated heterocycles. The highest BCUT2D eigenvalue weighted by atomic mass is 16.5. The average Bonchev–Trinajstić information content (AvgIpc) is 2.69. The summed E-state index contributed by atoms with van der Waals surface area (Å²) in [5.41, 5.74) is 3.95. The van der Waals surface area contributed by atoms with Crippen LogP contribution in [0.3, 0.4) is 0 Å². The number of ether oxygens (including phenoxy) is 1. The number of carbonyl (C=O) groups is 2. The molecular formula is C22H22N2O3. The molecule has 4 rings (SSSR count). The van der Waals surface area contributed by atoms with Crippen LogP contribution in [-0.2, 0) is 4.79 Å². The minimum atomic E-state index is -0.353. The molecule has 5 nitrogen and oxygen atoms in total. The lowest BCUT2D eigenvalue weighted by Gasteiger charge is -2.33. The Balaban J connectivity index is 1.62. The Bertz CT molecular complexity index is 921. The van der Waals surface area contributed by atoms with Crippen LogP contribution in [-0.4, -0.2) is 24.1 Å². The summed E-state index contributed by atoms with van der Waals surface area (Å²) in [5.74, 6) is 0.272. The van der Waals surface area contributed by atoms with Crippen molar-refractivity contribution in [3.63, 3.8) is 0 Å².